The monoisotopic (exact) mass is 374 g/mol. The second-order valence-electron chi connectivity index (χ2n) is 7.06. The summed E-state index contributed by atoms with van der Waals surface area (Å²) in [4.78, 5) is 5.19. The summed E-state index contributed by atoms with van der Waals surface area (Å²) in [7, 11) is -0.688. The molecule has 0 amide bonds. The van der Waals surface area contributed by atoms with Crippen LogP contribution in [0.15, 0.2) is 0 Å². The Morgan fingerprint density at radius 2 is 1.75 bits per heavy atom. The van der Waals surface area contributed by atoms with E-state index < -0.39 is 10.8 Å². The fourth-order valence-electron chi connectivity index (χ4n) is 4.39. The SMILES string of the molecule is O=S1CCN(N2CCSCC2)C(N2CCOCC2N2CCCC2)C1. The standard InChI is InChI=1S/C16H30N4O2S2/c21-24-12-8-20(18-6-10-23-11-7-18)16(14-24)19-5-9-22-13-15(19)17-3-1-2-4-17/h15-16H,1-14H2. The van der Waals surface area contributed by atoms with Crippen LogP contribution in [-0.4, -0.2) is 112 Å². The van der Waals surface area contributed by atoms with Gasteiger partial charge in [0, 0.05) is 54.2 Å². The molecule has 4 aliphatic heterocycles. The molecule has 0 aromatic rings. The van der Waals surface area contributed by atoms with Crippen LogP contribution in [0.3, 0.4) is 0 Å². The minimum absolute atomic E-state index is 0.275. The molecule has 0 radical (unpaired) electrons. The zero-order valence-corrected chi connectivity index (χ0v) is 16.1. The summed E-state index contributed by atoms with van der Waals surface area (Å²) in [5.41, 5.74) is 0. The van der Waals surface area contributed by atoms with Gasteiger partial charge in [0.1, 0.15) is 0 Å². The molecule has 138 valence electrons. The molecule has 0 aromatic carbocycles. The second kappa shape index (κ2) is 8.33. The van der Waals surface area contributed by atoms with Crippen LogP contribution in [0.2, 0.25) is 0 Å². The van der Waals surface area contributed by atoms with Gasteiger partial charge in [0.15, 0.2) is 0 Å². The number of hydrogen-bond acceptors (Lipinski definition) is 7. The summed E-state index contributed by atoms with van der Waals surface area (Å²) < 4.78 is 18.2. The molecule has 0 bridgehead atoms. The zero-order valence-electron chi connectivity index (χ0n) is 14.5. The number of morpholine rings is 1. The van der Waals surface area contributed by atoms with Crippen LogP contribution in [0.25, 0.3) is 0 Å². The van der Waals surface area contributed by atoms with Gasteiger partial charge >= 0.3 is 0 Å². The molecular formula is C16H30N4O2S2. The van der Waals surface area contributed by atoms with Gasteiger partial charge in [0.05, 0.1) is 31.3 Å². The van der Waals surface area contributed by atoms with Crippen LogP contribution >= 0.6 is 11.8 Å². The number of nitrogens with zero attached hydrogens (tertiary/aromatic N) is 4. The van der Waals surface area contributed by atoms with E-state index in [4.69, 9.17) is 4.74 Å². The molecule has 0 N–H and O–H groups in total. The van der Waals surface area contributed by atoms with Crippen molar-refractivity contribution in [3.63, 3.8) is 0 Å². The maximum absolute atomic E-state index is 12.4. The first-order chi connectivity index (χ1) is 11.8. The molecule has 4 heterocycles. The highest BCUT2D eigenvalue weighted by Crippen LogP contribution is 2.26. The fourth-order valence-corrected chi connectivity index (χ4v) is 6.53. The lowest BCUT2D eigenvalue weighted by Gasteiger charge is -2.52. The summed E-state index contributed by atoms with van der Waals surface area (Å²) >= 11 is 2.05. The van der Waals surface area contributed by atoms with Crippen LogP contribution in [0.1, 0.15) is 12.8 Å². The zero-order chi connectivity index (χ0) is 16.4. The second-order valence-corrected chi connectivity index (χ2v) is 9.90. The van der Waals surface area contributed by atoms with E-state index in [1.54, 1.807) is 0 Å². The lowest BCUT2D eigenvalue weighted by molar-refractivity contribution is -0.162. The van der Waals surface area contributed by atoms with E-state index in [1.807, 2.05) is 0 Å². The van der Waals surface area contributed by atoms with Crippen LogP contribution < -0.4 is 0 Å². The van der Waals surface area contributed by atoms with E-state index in [0.717, 1.165) is 50.9 Å². The van der Waals surface area contributed by atoms with Crippen LogP contribution in [0.5, 0.6) is 0 Å². The van der Waals surface area contributed by atoms with Crippen molar-refractivity contribution in [2.45, 2.75) is 25.2 Å². The number of likely N-dealkylation sites (tertiary alicyclic amines) is 1. The highest BCUT2D eigenvalue weighted by atomic mass is 32.2. The fraction of sp³-hybridized carbons (Fsp3) is 1.00. The maximum Gasteiger partial charge on any atom is 0.0890 e. The maximum atomic E-state index is 12.4. The Bertz CT molecular complexity index is 444. The van der Waals surface area contributed by atoms with E-state index in [9.17, 15) is 4.21 Å². The molecule has 0 spiro atoms. The molecule has 4 rings (SSSR count). The Kier molecular flexibility index (Phi) is 6.14. The van der Waals surface area contributed by atoms with Gasteiger partial charge in [-0.1, -0.05) is 0 Å². The average molecular weight is 375 g/mol. The normalized spacial score (nSPS) is 38.6. The first-order valence-corrected chi connectivity index (χ1v) is 12.0. The highest BCUT2D eigenvalue weighted by Gasteiger charge is 2.41. The Hall–Kier alpha value is 0.300. The number of ether oxygens (including phenoxy) is 1. The minimum Gasteiger partial charge on any atom is -0.377 e. The van der Waals surface area contributed by atoms with E-state index >= 15 is 0 Å². The smallest absolute Gasteiger partial charge is 0.0890 e. The molecule has 4 aliphatic rings. The van der Waals surface area contributed by atoms with Crippen LogP contribution in [0.4, 0.5) is 0 Å². The van der Waals surface area contributed by atoms with Gasteiger partial charge in [-0.3, -0.25) is 14.0 Å². The van der Waals surface area contributed by atoms with E-state index in [1.165, 1.54) is 37.4 Å². The van der Waals surface area contributed by atoms with Crippen molar-refractivity contribution in [1.29, 1.82) is 0 Å². The largest absolute Gasteiger partial charge is 0.377 e. The third-order valence-corrected chi connectivity index (χ3v) is 7.92. The molecule has 0 saturated carbocycles. The first-order valence-electron chi connectivity index (χ1n) is 9.35. The Morgan fingerprint density at radius 1 is 0.958 bits per heavy atom. The van der Waals surface area contributed by atoms with Gasteiger partial charge in [-0.2, -0.15) is 11.8 Å². The Morgan fingerprint density at radius 3 is 2.54 bits per heavy atom. The van der Waals surface area contributed by atoms with Crippen molar-refractivity contribution in [2.75, 3.05) is 75.5 Å². The van der Waals surface area contributed by atoms with Crippen molar-refractivity contribution in [2.24, 2.45) is 0 Å². The minimum atomic E-state index is -0.688. The average Bonchev–Trinajstić information content (AvgIpc) is 3.17. The summed E-state index contributed by atoms with van der Waals surface area (Å²) in [6.45, 7) is 8.12. The number of rotatable bonds is 3. The van der Waals surface area contributed by atoms with E-state index in [-0.39, 0.29) is 6.17 Å². The van der Waals surface area contributed by atoms with Crippen LogP contribution in [0, 0.1) is 0 Å². The van der Waals surface area contributed by atoms with Gasteiger partial charge in [0.2, 0.25) is 0 Å². The van der Waals surface area contributed by atoms with E-state index in [0.29, 0.717) is 6.17 Å². The lowest BCUT2D eigenvalue weighted by atomic mass is 10.2. The molecule has 3 unspecified atom stereocenters. The van der Waals surface area contributed by atoms with Crippen LogP contribution in [-0.2, 0) is 15.5 Å². The Balaban J connectivity index is 1.53. The molecule has 3 atom stereocenters. The third-order valence-electron chi connectivity index (χ3n) is 5.67. The predicted octanol–water partition coefficient (Wildman–Crippen LogP) is 0.0947. The highest BCUT2D eigenvalue weighted by molar-refractivity contribution is 7.99. The Labute approximate surface area is 152 Å². The molecular weight excluding hydrogens is 344 g/mol. The molecule has 24 heavy (non-hydrogen) atoms. The summed E-state index contributed by atoms with van der Waals surface area (Å²) in [5.74, 6) is 4.03. The number of thioether (sulfide) groups is 1. The number of hydrogen-bond donors (Lipinski definition) is 0. The third kappa shape index (κ3) is 3.84. The van der Waals surface area contributed by atoms with Gasteiger partial charge in [0.25, 0.3) is 0 Å². The molecule has 4 saturated heterocycles. The molecule has 4 fully saturated rings. The molecule has 8 heteroatoms. The van der Waals surface area contributed by atoms with Gasteiger partial charge < -0.3 is 4.74 Å². The lowest BCUT2D eigenvalue weighted by Crippen LogP contribution is -2.68. The first kappa shape index (κ1) is 17.7. The van der Waals surface area contributed by atoms with Crippen molar-refractivity contribution >= 4 is 22.6 Å². The van der Waals surface area contributed by atoms with Crippen molar-refractivity contribution in [3.8, 4) is 0 Å². The van der Waals surface area contributed by atoms with Crippen molar-refractivity contribution in [1.82, 2.24) is 19.8 Å². The summed E-state index contributed by atoms with van der Waals surface area (Å²) in [6.07, 6.45) is 3.24. The van der Waals surface area contributed by atoms with E-state index in [2.05, 4.69) is 31.6 Å². The van der Waals surface area contributed by atoms with Gasteiger partial charge in [-0.15, -0.1) is 0 Å². The van der Waals surface area contributed by atoms with Gasteiger partial charge in [-0.25, -0.2) is 10.0 Å². The van der Waals surface area contributed by atoms with Crippen molar-refractivity contribution in [3.05, 3.63) is 0 Å². The van der Waals surface area contributed by atoms with Crippen molar-refractivity contribution < 1.29 is 8.95 Å². The predicted molar refractivity (Wildman–Crippen MR) is 99.4 cm³/mol. The quantitative estimate of drug-likeness (QED) is 0.693. The molecule has 6 nitrogen and oxygen atoms in total. The molecule has 0 aromatic heterocycles. The number of hydrazine groups is 1. The summed E-state index contributed by atoms with van der Waals surface area (Å²) in [6, 6.07) is 0. The van der Waals surface area contributed by atoms with Gasteiger partial charge in [-0.05, 0) is 25.9 Å². The summed E-state index contributed by atoms with van der Waals surface area (Å²) in [5, 5.41) is 5.09. The molecule has 0 aliphatic carbocycles. The topological polar surface area (TPSA) is 39.3 Å².